The number of oxime groups is 1. The van der Waals surface area contributed by atoms with Gasteiger partial charge in [0.1, 0.15) is 5.75 Å². The van der Waals surface area contributed by atoms with E-state index in [4.69, 9.17) is 9.94 Å². The van der Waals surface area contributed by atoms with Crippen molar-refractivity contribution in [2.24, 2.45) is 5.16 Å². The molecule has 1 aromatic heterocycles. The van der Waals surface area contributed by atoms with E-state index in [0.717, 1.165) is 15.9 Å². The number of hydrogen-bond donors (Lipinski definition) is 1. The number of thiazole rings is 1. The van der Waals surface area contributed by atoms with E-state index in [1.54, 1.807) is 36.6 Å². The standard InChI is InChI=1S/C13H12N2O4S/c1-8-7-20-13(17)15(8)12(14-18)11(16)9-3-5-10(19-2)6-4-9/h3-7,18H,1-2H3/b14-12-. The number of nitrogens with zero attached hydrogens (tertiary/aromatic N) is 2. The Morgan fingerprint density at radius 3 is 2.45 bits per heavy atom. The topological polar surface area (TPSA) is 80.9 Å². The largest absolute Gasteiger partial charge is 0.497 e. The summed E-state index contributed by atoms with van der Waals surface area (Å²) in [7, 11) is 1.52. The van der Waals surface area contributed by atoms with Crippen molar-refractivity contribution in [3.63, 3.8) is 0 Å². The molecule has 0 aliphatic carbocycles. The van der Waals surface area contributed by atoms with Gasteiger partial charge in [0.25, 0.3) is 0 Å². The minimum atomic E-state index is -0.543. The summed E-state index contributed by atoms with van der Waals surface area (Å²) in [5.41, 5.74) is 0.839. The first-order chi connectivity index (χ1) is 9.58. The van der Waals surface area contributed by atoms with Gasteiger partial charge in [-0.1, -0.05) is 16.5 Å². The van der Waals surface area contributed by atoms with Gasteiger partial charge >= 0.3 is 4.87 Å². The van der Waals surface area contributed by atoms with Gasteiger partial charge in [-0.25, -0.2) is 4.57 Å². The Balaban J connectivity index is 2.42. The summed E-state index contributed by atoms with van der Waals surface area (Å²) in [5.74, 6) is -0.259. The van der Waals surface area contributed by atoms with Gasteiger partial charge in [-0.3, -0.25) is 9.59 Å². The van der Waals surface area contributed by atoms with Gasteiger partial charge in [0.05, 0.1) is 7.11 Å². The number of methoxy groups -OCH3 is 1. The van der Waals surface area contributed by atoms with E-state index in [9.17, 15) is 9.59 Å². The van der Waals surface area contributed by atoms with Crippen molar-refractivity contribution in [3.8, 4) is 5.75 Å². The van der Waals surface area contributed by atoms with E-state index in [1.165, 1.54) is 7.11 Å². The van der Waals surface area contributed by atoms with E-state index in [1.807, 2.05) is 0 Å². The van der Waals surface area contributed by atoms with Gasteiger partial charge in [-0.05, 0) is 31.2 Å². The predicted molar refractivity (Wildman–Crippen MR) is 75.3 cm³/mol. The van der Waals surface area contributed by atoms with E-state index < -0.39 is 5.78 Å². The van der Waals surface area contributed by atoms with Crippen LogP contribution in [0.4, 0.5) is 0 Å². The Bertz CT molecular complexity index is 713. The Hall–Kier alpha value is -2.41. The molecule has 0 radical (unpaired) electrons. The second kappa shape index (κ2) is 5.70. The number of rotatable bonds is 3. The molecular weight excluding hydrogens is 280 g/mol. The molecule has 0 saturated carbocycles. The summed E-state index contributed by atoms with van der Waals surface area (Å²) in [6.07, 6.45) is 0. The number of Topliss-reactive ketones (excluding diaryl/α,β-unsaturated/α-hetero) is 1. The first-order valence-corrected chi connectivity index (χ1v) is 6.54. The summed E-state index contributed by atoms with van der Waals surface area (Å²) in [4.78, 5) is 23.6. The lowest BCUT2D eigenvalue weighted by atomic mass is 10.1. The highest BCUT2D eigenvalue weighted by molar-refractivity contribution is 7.07. The molecule has 6 nitrogen and oxygen atoms in total. The Morgan fingerprint density at radius 1 is 1.35 bits per heavy atom. The van der Waals surface area contributed by atoms with Crippen LogP contribution in [0.25, 0.3) is 0 Å². The first kappa shape index (κ1) is 14.0. The summed E-state index contributed by atoms with van der Waals surface area (Å²) in [6.45, 7) is 1.66. The zero-order valence-electron chi connectivity index (χ0n) is 10.9. The maximum atomic E-state index is 12.3. The number of hydrogen-bond acceptors (Lipinski definition) is 6. The molecule has 0 unspecified atom stereocenters. The number of ether oxygens (including phenoxy) is 1. The van der Waals surface area contributed by atoms with Crippen LogP contribution in [-0.2, 0) is 0 Å². The van der Waals surface area contributed by atoms with Crippen molar-refractivity contribution >= 4 is 23.0 Å². The number of ketones is 1. The maximum Gasteiger partial charge on any atom is 0.313 e. The van der Waals surface area contributed by atoms with Gasteiger partial charge in [0.2, 0.25) is 11.6 Å². The molecule has 1 heterocycles. The third-order valence-electron chi connectivity index (χ3n) is 2.73. The lowest BCUT2D eigenvalue weighted by molar-refractivity contribution is 0.105. The summed E-state index contributed by atoms with van der Waals surface area (Å²) in [6, 6.07) is 6.31. The molecule has 0 atom stereocenters. The second-order valence-electron chi connectivity index (χ2n) is 3.96. The van der Waals surface area contributed by atoms with Gasteiger partial charge in [-0.15, -0.1) is 0 Å². The predicted octanol–water partition coefficient (Wildman–Crippen LogP) is 1.75. The quantitative estimate of drug-likeness (QED) is 0.307. The van der Waals surface area contributed by atoms with E-state index in [-0.39, 0.29) is 10.7 Å². The normalized spacial score (nSPS) is 11.4. The fourth-order valence-corrected chi connectivity index (χ4v) is 2.41. The molecule has 0 amide bonds. The van der Waals surface area contributed by atoms with Crippen LogP contribution >= 0.6 is 11.3 Å². The van der Waals surface area contributed by atoms with Gasteiger partial charge < -0.3 is 9.94 Å². The summed E-state index contributed by atoms with van der Waals surface area (Å²) < 4.78 is 6.08. The highest BCUT2D eigenvalue weighted by Gasteiger charge is 2.20. The molecule has 0 fully saturated rings. The molecule has 2 rings (SSSR count). The van der Waals surface area contributed by atoms with Crippen LogP contribution in [0.3, 0.4) is 0 Å². The lowest BCUT2D eigenvalue weighted by Gasteiger charge is -2.06. The smallest absolute Gasteiger partial charge is 0.313 e. The molecule has 104 valence electrons. The first-order valence-electron chi connectivity index (χ1n) is 5.66. The highest BCUT2D eigenvalue weighted by atomic mass is 32.1. The van der Waals surface area contributed by atoms with Crippen LogP contribution in [0.15, 0.2) is 39.6 Å². The van der Waals surface area contributed by atoms with E-state index in [2.05, 4.69) is 5.16 Å². The molecule has 0 aliphatic rings. The molecule has 1 aromatic carbocycles. The molecule has 7 heteroatoms. The zero-order chi connectivity index (χ0) is 14.7. The number of carbonyl (C=O) groups excluding carboxylic acids is 1. The van der Waals surface area contributed by atoms with Crippen LogP contribution in [0.5, 0.6) is 5.75 Å². The molecule has 2 aromatic rings. The van der Waals surface area contributed by atoms with Crippen molar-refractivity contribution in [3.05, 3.63) is 50.6 Å². The molecule has 1 N–H and O–H groups in total. The SMILES string of the molecule is COc1ccc(C(=O)/C(=N/O)n2c(C)csc2=O)cc1. The van der Waals surface area contributed by atoms with Gasteiger partial charge in [-0.2, -0.15) is 0 Å². The number of carbonyl (C=O) groups is 1. The van der Waals surface area contributed by atoms with E-state index >= 15 is 0 Å². The third-order valence-corrected chi connectivity index (χ3v) is 3.57. The van der Waals surface area contributed by atoms with Crippen LogP contribution in [-0.4, -0.2) is 28.5 Å². The Labute approximate surface area is 118 Å². The van der Waals surface area contributed by atoms with Crippen molar-refractivity contribution in [1.82, 2.24) is 4.57 Å². The van der Waals surface area contributed by atoms with Crippen LogP contribution < -0.4 is 9.61 Å². The molecule has 0 saturated heterocycles. The lowest BCUT2D eigenvalue weighted by Crippen LogP contribution is -2.31. The summed E-state index contributed by atoms with van der Waals surface area (Å²) >= 11 is 0.937. The average molecular weight is 292 g/mol. The van der Waals surface area contributed by atoms with Crippen molar-refractivity contribution in [2.75, 3.05) is 7.11 Å². The zero-order valence-corrected chi connectivity index (χ0v) is 11.7. The number of aromatic nitrogens is 1. The van der Waals surface area contributed by atoms with Crippen molar-refractivity contribution < 1.29 is 14.7 Å². The van der Waals surface area contributed by atoms with Crippen LogP contribution in [0, 0.1) is 6.92 Å². The highest BCUT2D eigenvalue weighted by Crippen LogP contribution is 2.13. The number of benzene rings is 1. The second-order valence-corrected chi connectivity index (χ2v) is 4.78. The van der Waals surface area contributed by atoms with Gasteiger partial charge in [0.15, 0.2) is 0 Å². The molecule has 0 spiro atoms. The minimum absolute atomic E-state index is 0.302. The molecule has 0 aliphatic heterocycles. The molecular formula is C13H12N2O4S. The third kappa shape index (κ3) is 2.48. The van der Waals surface area contributed by atoms with E-state index in [0.29, 0.717) is 17.0 Å². The van der Waals surface area contributed by atoms with Crippen molar-refractivity contribution in [2.45, 2.75) is 6.92 Å². The van der Waals surface area contributed by atoms with Crippen molar-refractivity contribution in [1.29, 1.82) is 0 Å². The van der Waals surface area contributed by atoms with Crippen LogP contribution in [0.2, 0.25) is 0 Å². The monoisotopic (exact) mass is 292 g/mol. The number of aryl methyl sites for hydroxylation is 1. The minimum Gasteiger partial charge on any atom is -0.497 e. The maximum absolute atomic E-state index is 12.3. The Morgan fingerprint density at radius 2 is 2.00 bits per heavy atom. The molecule has 20 heavy (non-hydrogen) atoms. The van der Waals surface area contributed by atoms with Gasteiger partial charge in [0, 0.05) is 16.6 Å². The Kier molecular flexibility index (Phi) is 3.99. The fraction of sp³-hybridized carbons (Fsp3) is 0.154. The molecule has 0 bridgehead atoms. The summed E-state index contributed by atoms with van der Waals surface area (Å²) in [5, 5.41) is 13.6. The fourth-order valence-electron chi connectivity index (χ4n) is 1.70. The average Bonchev–Trinajstić information content (AvgIpc) is 2.80. The van der Waals surface area contributed by atoms with Crippen LogP contribution in [0.1, 0.15) is 16.1 Å².